The molecule has 1 aliphatic rings. The Morgan fingerprint density at radius 3 is 2.67 bits per heavy atom. The van der Waals surface area contributed by atoms with Gasteiger partial charge in [0, 0.05) is 6.08 Å². The summed E-state index contributed by atoms with van der Waals surface area (Å²) in [7, 11) is 1.52. The van der Waals surface area contributed by atoms with Crippen molar-refractivity contribution in [1.29, 1.82) is 0 Å². The van der Waals surface area contributed by atoms with E-state index in [0.29, 0.717) is 23.7 Å². The van der Waals surface area contributed by atoms with Gasteiger partial charge >= 0.3 is 5.97 Å². The van der Waals surface area contributed by atoms with Gasteiger partial charge in [-0.05, 0) is 37.6 Å². The number of allylic oxidation sites excluding steroid dienone is 3. The van der Waals surface area contributed by atoms with E-state index in [2.05, 4.69) is 0 Å². The molecule has 6 heteroatoms. The molecular weight excluding hydrogens is 312 g/mol. The number of carbonyl (C=O) groups excluding carboxylic acids is 3. The van der Waals surface area contributed by atoms with Crippen LogP contribution in [0.5, 0.6) is 11.5 Å². The monoisotopic (exact) mass is 330 g/mol. The van der Waals surface area contributed by atoms with E-state index < -0.39 is 23.5 Å². The van der Waals surface area contributed by atoms with Crippen LogP contribution in [0, 0.1) is 5.92 Å². The van der Waals surface area contributed by atoms with Gasteiger partial charge in [0.15, 0.2) is 29.0 Å². The van der Waals surface area contributed by atoms with Gasteiger partial charge in [0.25, 0.3) is 0 Å². The van der Waals surface area contributed by atoms with Crippen LogP contribution in [-0.2, 0) is 19.1 Å². The van der Waals surface area contributed by atoms with Gasteiger partial charge in [-0.2, -0.15) is 0 Å². The molecular formula is C18H18O6. The Balaban J connectivity index is 2.17. The smallest absolute Gasteiger partial charge is 0.329 e. The minimum absolute atomic E-state index is 0.189. The van der Waals surface area contributed by atoms with Crippen molar-refractivity contribution < 1.29 is 28.6 Å². The molecule has 0 aromatic heterocycles. The minimum Gasteiger partial charge on any atom is -0.493 e. The standard InChI is InChI=1S/C18H18O6/c1-4-23-15-8-6-12(10-16(15)22-3)5-7-13(19)17-14(20)9-11(2)24-18(17)21/h5-10,17H,4H2,1-3H3/b7-5-/t17-/m0/s1. The van der Waals surface area contributed by atoms with Crippen molar-refractivity contribution in [3.05, 3.63) is 41.7 Å². The maximum Gasteiger partial charge on any atom is 0.329 e. The summed E-state index contributed by atoms with van der Waals surface area (Å²) >= 11 is 0. The summed E-state index contributed by atoms with van der Waals surface area (Å²) in [5, 5.41) is 0. The highest BCUT2D eigenvalue weighted by Gasteiger charge is 2.36. The molecule has 1 aliphatic heterocycles. The predicted octanol–water partition coefficient (Wildman–Crippen LogP) is 2.32. The van der Waals surface area contributed by atoms with Crippen LogP contribution in [0.1, 0.15) is 19.4 Å². The number of cyclic esters (lactones) is 1. The zero-order valence-corrected chi connectivity index (χ0v) is 13.7. The fourth-order valence-corrected chi connectivity index (χ4v) is 2.24. The zero-order valence-electron chi connectivity index (χ0n) is 13.7. The first-order valence-electron chi connectivity index (χ1n) is 7.42. The number of hydrogen-bond acceptors (Lipinski definition) is 6. The summed E-state index contributed by atoms with van der Waals surface area (Å²) < 4.78 is 15.5. The van der Waals surface area contributed by atoms with E-state index >= 15 is 0 Å². The van der Waals surface area contributed by atoms with Crippen LogP contribution in [-0.4, -0.2) is 31.3 Å². The molecule has 0 fully saturated rings. The lowest BCUT2D eigenvalue weighted by Gasteiger charge is -2.15. The predicted molar refractivity (Wildman–Crippen MR) is 86.6 cm³/mol. The third-order valence-corrected chi connectivity index (χ3v) is 3.34. The summed E-state index contributed by atoms with van der Waals surface area (Å²) in [5.41, 5.74) is 0.673. The molecule has 0 amide bonds. The highest BCUT2D eigenvalue weighted by molar-refractivity contribution is 6.25. The molecule has 24 heavy (non-hydrogen) atoms. The van der Waals surface area contributed by atoms with E-state index in [9.17, 15) is 14.4 Å². The van der Waals surface area contributed by atoms with Crippen LogP contribution in [0.25, 0.3) is 6.08 Å². The summed E-state index contributed by atoms with van der Waals surface area (Å²) in [6.45, 7) is 3.85. The molecule has 0 saturated heterocycles. The fraction of sp³-hybridized carbons (Fsp3) is 0.278. The first-order valence-corrected chi connectivity index (χ1v) is 7.42. The average molecular weight is 330 g/mol. The van der Waals surface area contributed by atoms with Crippen LogP contribution >= 0.6 is 0 Å². The third-order valence-electron chi connectivity index (χ3n) is 3.34. The topological polar surface area (TPSA) is 78.9 Å². The molecule has 6 nitrogen and oxygen atoms in total. The molecule has 0 N–H and O–H groups in total. The van der Waals surface area contributed by atoms with E-state index in [1.165, 1.54) is 26.2 Å². The molecule has 1 aromatic carbocycles. The summed E-state index contributed by atoms with van der Waals surface area (Å²) in [5.74, 6) is -2.17. The molecule has 2 rings (SSSR count). The van der Waals surface area contributed by atoms with Crippen LogP contribution in [0.4, 0.5) is 0 Å². The van der Waals surface area contributed by atoms with Gasteiger partial charge in [-0.1, -0.05) is 12.1 Å². The van der Waals surface area contributed by atoms with Crippen molar-refractivity contribution in [2.75, 3.05) is 13.7 Å². The Kier molecular flexibility index (Phi) is 5.52. The Labute approximate surface area is 139 Å². The number of ether oxygens (including phenoxy) is 3. The third kappa shape index (κ3) is 3.90. The molecule has 0 bridgehead atoms. The second-order valence-electron chi connectivity index (χ2n) is 5.09. The van der Waals surface area contributed by atoms with Gasteiger partial charge in [0.2, 0.25) is 0 Å². The van der Waals surface area contributed by atoms with Crippen LogP contribution < -0.4 is 9.47 Å². The maximum atomic E-state index is 12.1. The molecule has 0 radical (unpaired) electrons. The first-order chi connectivity index (χ1) is 11.5. The highest BCUT2D eigenvalue weighted by atomic mass is 16.5. The van der Waals surface area contributed by atoms with Crippen molar-refractivity contribution in [2.45, 2.75) is 13.8 Å². The summed E-state index contributed by atoms with van der Waals surface area (Å²) in [4.78, 5) is 35.7. The number of esters is 1. The lowest BCUT2D eigenvalue weighted by molar-refractivity contribution is -0.151. The first kappa shape index (κ1) is 17.5. The van der Waals surface area contributed by atoms with E-state index in [1.807, 2.05) is 6.92 Å². The Hall–Kier alpha value is -2.89. The van der Waals surface area contributed by atoms with Crippen LogP contribution in [0.15, 0.2) is 36.1 Å². The number of methoxy groups -OCH3 is 1. The summed E-state index contributed by atoms with van der Waals surface area (Å²) in [6, 6.07) is 5.15. The Morgan fingerprint density at radius 2 is 2.04 bits per heavy atom. The minimum atomic E-state index is -1.44. The van der Waals surface area contributed by atoms with Crippen LogP contribution in [0.2, 0.25) is 0 Å². The molecule has 0 unspecified atom stereocenters. The normalized spacial score (nSPS) is 17.5. The van der Waals surface area contributed by atoms with E-state index in [0.717, 1.165) is 6.08 Å². The van der Waals surface area contributed by atoms with E-state index in [4.69, 9.17) is 14.2 Å². The molecule has 126 valence electrons. The Morgan fingerprint density at radius 1 is 1.29 bits per heavy atom. The van der Waals surface area contributed by atoms with Gasteiger partial charge in [0.05, 0.1) is 13.7 Å². The zero-order chi connectivity index (χ0) is 17.7. The number of hydrogen-bond donors (Lipinski definition) is 0. The lowest BCUT2D eigenvalue weighted by atomic mass is 9.96. The SMILES string of the molecule is CCOc1ccc(/C=C\C(=O)[C@H]2C(=O)C=C(C)OC2=O)cc1OC. The largest absolute Gasteiger partial charge is 0.493 e. The fourth-order valence-electron chi connectivity index (χ4n) is 2.24. The van der Waals surface area contributed by atoms with Crippen molar-refractivity contribution in [3.63, 3.8) is 0 Å². The van der Waals surface area contributed by atoms with Crippen LogP contribution in [0.3, 0.4) is 0 Å². The van der Waals surface area contributed by atoms with E-state index in [-0.39, 0.29) is 5.76 Å². The molecule has 1 heterocycles. The molecule has 0 aliphatic carbocycles. The van der Waals surface area contributed by atoms with Gasteiger partial charge < -0.3 is 14.2 Å². The number of rotatable bonds is 6. The quantitative estimate of drug-likeness (QED) is 0.452. The number of ketones is 2. The maximum absolute atomic E-state index is 12.1. The number of carbonyl (C=O) groups is 3. The van der Waals surface area contributed by atoms with Crippen molar-refractivity contribution in [1.82, 2.24) is 0 Å². The average Bonchev–Trinajstić information content (AvgIpc) is 2.53. The second kappa shape index (κ2) is 7.59. The summed E-state index contributed by atoms with van der Waals surface area (Å²) in [6.07, 6.45) is 3.84. The Bertz CT molecular complexity index is 729. The molecule has 0 spiro atoms. The number of benzene rings is 1. The second-order valence-corrected chi connectivity index (χ2v) is 5.09. The van der Waals surface area contributed by atoms with Crippen molar-refractivity contribution >= 4 is 23.6 Å². The van der Waals surface area contributed by atoms with Crippen molar-refractivity contribution in [2.24, 2.45) is 5.92 Å². The molecule has 0 saturated carbocycles. The lowest BCUT2D eigenvalue weighted by Crippen LogP contribution is -2.34. The van der Waals surface area contributed by atoms with Gasteiger partial charge in [0.1, 0.15) is 5.76 Å². The van der Waals surface area contributed by atoms with Gasteiger partial charge in [-0.15, -0.1) is 0 Å². The van der Waals surface area contributed by atoms with Gasteiger partial charge in [-0.25, -0.2) is 0 Å². The highest BCUT2D eigenvalue weighted by Crippen LogP contribution is 2.28. The van der Waals surface area contributed by atoms with Gasteiger partial charge in [-0.3, -0.25) is 14.4 Å². The molecule has 1 aromatic rings. The van der Waals surface area contributed by atoms with E-state index in [1.54, 1.807) is 18.2 Å². The molecule has 1 atom stereocenters. The van der Waals surface area contributed by atoms with Crippen molar-refractivity contribution in [3.8, 4) is 11.5 Å².